The maximum Gasteiger partial charge on any atom is 0.146 e. The van der Waals surface area contributed by atoms with Gasteiger partial charge in [0, 0.05) is 22.7 Å². The predicted molar refractivity (Wildman–Crippen MR) is 85.8 cm³/mol. The van der Waals surface area contributed by atoms with Gasteiger partial charge >= 0.3 is 0 Å². The molecule has 0 saturated heterocycles. The molecule has 2 rings (SSSR count). The molecule has 3 nitrogen and oxygen atoms in total. The van der Waals surface area contributed by atoms with Gasteiger partial charge in [-0.2, -0.15) is 0 Å². The van der Waals surface area contributed by atoms with Crippen LogP contribution in [-0.4, -0.2) is 5.54 Å². The highest BCUT2D eigenvalue weighted by atomic mass is 35.5. The van der Waals surface area contributed by atoms with Gasteiger partial charge in [-0.3, -0.25) is 0 Å². The summed E-state index contributed by atoms with van der Waals surface area (Å²) in [5.41, 5.74) is 1.25. The topological polar surface area (TPSA) is 34.4 Å². The standard InChI is InChI=1S/C17H22ClNO2/c1-12-13(10-19-17(2,3)4)8-16(21-12)11-20-15-7-5-6-14(18)9-15/h5-9,19H,10-11H2,1-4H3. The Balaban J connectivity index is 1.95. The molecule has 0 radical (unpaired) electrons. The fraction of sp³-hybridized carbons (Fsp3) is 0.412. The van der Waals surface area contributed by atoms with Crippen molar-refractivity contribution in [3.63, 3.8) is 0 Å². The SMILES string of the molecule is Cc1oc(COc2cccc(Cl)c2)cc1CNC(C)(C)C. The molecular weight excluding hydrogens is 286 g/mol. The zero-order valence-electron chi connectivity index (χ0n) is 13.0. The number of benzene rings is 1. The van der Waals surface area contributed by atoms with Crippen molar-refractivity contribution in [2.75, 3.05) is 0 Å². The quantitative estimate of drug-likeness (QED) is 0.868. The lowest BCUT2D eigenvalue weighted by Crippen LogP contribution is -2.35. The Kier molecular flexibility index (Phi) is 4.96. The molecule has 0 aliphatic carbocycles. The van der Waals surface area contributed by atoms with Crippen LogP contribution in [0.15, 0.2) is 34.7 Å². The van der Waals surface area contributed by atoms with E-state index in [1.165, 1.54) is 0 Å². The number of furan rings is 1. The molecule has 0 fully saturated rings. The second-order valence-corrected chi connectivity index (χ2v) is 6.58. The van der Waals surface area contributed by atoms with Crippen LogP contribution in [0.1, 0.15) is 37.9 Å². The Morgan fingerprint density at radius 3 is 2.67 bits per heavy atom. The highest BCUT2D eigenvalue weighted by Gasteiger charge is 2.12. The van der Waals surface area contributed by atoms with Gasteiger partial charge in [0.1, 0.15) is 23.9 Å². The third kappa shape index (κ3) is 5.10. The van der Waals surface area contributed by atoms with Gasteiger partial charge in [0.05, 0.1) is 0 Å². The first kappa shape index (κ1) is 15.9. The molecule has 114 valence electrons. The molecule has 0 aliphatic heterocycles. The monoisotopic (exact) mass is 307 g/mol. The molecule has 0 amide bonds. The summed E-state index contributed by atoms with van der Waals surface area (Å²) in [6, 6.07) is 9.40. The van der Waals surface area contributed by atoms with Crippen LogP contribution in [0.3, 0.4) is 0 Å². The van der Waals surface area contributed by atoms with Gasteiger partial charge in [0.15, 0.2) is 0 Å². The summed E-state index contributed by atoms with van der Waals surface area (Å²) < 4.78 is 11.4. The van der Waals surface area contributed by atoms with E-state index < -0.39 is 0 Å². The fourth-order valence-corrected chi connectivity index (χ4v) is 2.09. The van der Waals surface area contributed by atoms with Crippen LogP contribution in [0.2, 0.25) is 5.02 Å². The highest BCUT2D eigenvalue weighted by molar-refractivity contribution is 6.30. The summed E-state index contributed by atoms with van der Waals surface area (Å²) in [6.45, 7) is 9.60. The average molecular weight is 308 g/mol. The summed E-state index contributed by atoms with van der Waals surface area (Å²) in [7, 11) is 0. The van der Waals surface area contributed by atoms with Gasteiger partial charge in [-0.1, -0.05) is 17.7 Å². The summed E-state index contributed by atoms with van der Waals surface area (Å²) >= 11 is 5.93. The maximum absolute atomic E-state index is 5.93. The first-order chi connectivity index (χ1) is 9.83. The molecule has 1 heterocycles. The molecule has 0 unspecified atom stereocenters. The second kappa shape index (κ2) is 6.54. The molecule has 1 N–H and O–H groups in total. The minimum absolute atomic E-state index is 0.0845. The van der Waals surface area contributed by atoms with Crippen LogP contribution in [0, 0.1) is 6.92 Å². The van der Waals surface area contributed by atoms with Crippen LogP contribution in [0.5, 0.6) is 5.75 Å². The van der Waals surface area contributed by atoms with E-state index in [1.54, 1.807) is 6.07 Å². The fourth-order valence-electron chi connectivity index (χ4n) is 1.91. The van der Waals surface area contributed by atoms with Crippen molar-refractivity contribution < 1.29 is 9.15 Å². The molecule has 1 aromatic carbocycles. The number of aryl methyl sites for hydroxylation is 1. The van der Waals surface area contributed by atoms with Crippen molar-refractivity contribution in [2.24, 2.45) is 0 Å². The first-order valence-corrected chi connectivity index (χ1v) is 7.43. The molecule has 0 aliphatic rings. The Labute approximate surface area is 131 Å². The van der Waals surface area contributed by atoms with Crippen molar-refractivity contribution in [3.05, 3.63) is 52.4 Å². The largest absolute Gasteiger partial charge is 0.486 e. The smallest absolute Gasteiger partial charge is 0.146 e. The molecule has 0 spiro atoms. The van der Waals surface area contributed by atoms with E-state index in [4.69, 9.17) is 20.8 Å². The number of ether oxygens (including phenoxy) is 1. The van der Waals surface area contributed by atoms with Crippen molar-refractivity contribution in [2.45, 2.75) is 46.4 Å². The van der Waals surface area contributed by atoms with Gasteiger partial charge in [0.25, 0.3) is 0 Å². The van der Waals surface area contributed by atoms with Crippen molar-refractivity contribution in [1.82, 2.24) is 5.32 Å². The van der Waals surface area contributed by atoms with E-state index in [-0.39, 0.29) is 5.54 Å². The Hall–Kier alpha value is -1.45. The third-order valence-electron chi connectivity index (χ3n) is 3.06. The van der Waals surface area contributed by atoms with E-state index in [9.17, 15) is 0 Å². The summed E-state index contributed by atoms with van der Waals surface area (Å²) in [6.07, 6.45) is 0. The number of halogens is 1. The van der Waals surface area contributed by atoms with Gasteiger partial charge in [-0.15, -0.1) is 0 Å². The van der Waals surface area contributed by atoms with Crippen molar-refractivity contribution >= 4 is 11.6 Å². The van der Waals surface area contributed by atoms with E-state index in [0.717, 1.165) is 29.4 Å². The third-order valence-corrected chi connectivity index (χ3v) is 3.29. The maximum atomic E-state index is 5.93. The molecule has 0 bridgehead atoms. The lowest BCUT2D eigenvalue weighted by molar-refractivity contribution is 0.267. The van der Waals surface area contributed by atoms with Gasteiger partial charge < -0.3 is 14.5 Å². The lowest BCUT2D eigenvalue weighted by Gasteiger charge is -2.20. The number of rotatable bonds is 5. The molecule has 1 aromatic heterocycles. The Bertz CT molecular complexity index is 599. The predicted octanol–water partition coefficient (Wildman–Crippen LogP) is 4.71. The lowest BCUT2D eigenvalue weighted by atomic mass is 10.1. The Morgan fingerprint density at radius 1 is 1.24 bits per heavy atom. The van der Waals surface area contributed by atoms with Gasteiger partial charge in [-0.25, -0.2) is 0 Å². The second-order valence-electron chi connectivity index (χ2n) is 6.14. The minimum Gasteiger partial charge on any atom is -0.486 e. The summed E-state index contributed by atoms with van der Waals surface area (Å²) in [5, 5.41) is 4.12. The van der Waals surface area contributed by atoms with Gasteiger partial charge in [0.2, 0.25) is 0 Å². The summed E-state index contributed by atoms with van der Waals surface area (Å²) in [4.78, 5) is 0. The Morgan fingerprint density at radius 2 is 2.00 bits per heavy atom. The molecule has 0 saturated carbocycles. The van der Waals surface area contributed by atoms with Crippen LogP contribution in [-0.2, 0) is 13.2 Å². The molecule has 0 atom stereocenters. The number of hydrogen-bond acceptors (Lipinski definition) is 3. The minimum atomic E-state index is 0.0845. The highest BCUT2D eigenvalue weighted by Crippen LogP contribution is 2.20. The molecule has 4 heteroatoms. The zero-order chi connectivity index (χ0) is 15.5. The van der Waals surface area contributed by atoms with E-state index in [2.05, 4.69) is 26.1 Å². The van der Waals surface area contributed by atoms with E-state index >= 15 is 0 Å². The van der Waals surface area contributed by atoms with Crippen LogP contribution >= 0.6 is 11.6 Å². The molecule has 2 aromatic rings. The summed E-state index contributed by atoms with van der Waals surface area (Å²) in [5.74, 6) is 2.49. The van der Waals surface area contributed by atoms with Crippen LogP contribution in [0.25, 0.3) is 0 Å². The van der Waals surface area contributed by atoms with Crippen LogP contribution < -0.4 is 10.1 Å². The normalized spacial score (nSPS) is 11.7. The molecule has 21 heavy (non-hydrogen) atoms. The number of hydrogen-bond donors (Lipinski definition) is 1. The van der Waals surface area contributed by atoms with Crippen molar-refractivity contribution in [1.29, 1.82) is 0 Å². The van der Waals surface area contributed by atoms with Crippen molar-refractivity contribution in [3.8, 4) is 5.75 Å². The zero-order valence-corrected chi connectivity index (χ0v) is 13.8. The first-order valence-electron chi connectivity index (χ1n) is 7.05. The number of nitrogens with one attached hydrogen (secondary N) is 1. The van der Waals surface area contributed by atoms with Crippen LogP contribution in [0.4, 0.5) is 0 Å². The van der Waals surface area contributed by atoms with E-state index in [0.29, 0.717) is 11.6 Å². The van der Waals surface area contributed by atoms with E-state index in [1.807, 2.05) is 31.2 Å². The van der Waals surface area contributed by atoms with Gasteiger partial charge in [-0.05, 0) is 52.0 Å². The average Bonchev–Trinajstić information content (AvgIpc) is 2.74. The molecular formula is C17H22ClNO2.